The number of alkyl halides is 3. The summed E-state index contributed by atoms with van der Waals surface area (Å²) >= 11 is 4.06. The number of thiazole rings is 1. The van der Waals surface area contributed by atoms with Crippen molar-refractivity contribution >= 4 is 39.5 Å². The number of aromatic nitrogens is 1. The van der Waals surface area contributed by atoms with Gasteiger partial charge in [-0.25, -0.2) is 14.6 Å². The second-order valence-corrected chi connectivity index (χ2v) is 9.95. The summed E-state index contributed by atoms with van der Waals surface area (Å²) in [5.41, 5.74) is -3.43. The number of amides is 2. The van der Waals surface area contributed by atoms with Crippen LogP contribution < -0.4 is 10.6 Å². The number of carboxylic acid groups (broad SMARTS) is 1. The van der Waals surface area contributed by atoms with Crippen LogP contribution in [0.25, 0.3) is 0 Å². The molecule has 0 aliphatic heterocycles. The van der Waals surface area contributed by atoms with Gasteiger partial charge in [-0.15, -0.1) is 11.3 Å². The van der Waals surface area contributed by atoms with Gasteiger partial charge >= 0.3 is 18.4 Å². The Kier molecular flexibility index (Phi) is 9.50. The van der Waals surface area contributed by atoms with E-state index in [0.29, 0.717) is 0 Å². The van der Waals surface area contributed by atoms with Crippen molar-refractivity contribution in [2.75, 3.05) is 20.4 Å². The molecule has 35 heavy (non-hydrogen) atoms. The van der Waals surface area contributed by atoms with Crippen molar-refractivity contribution in [2.45, 2.75) is 44.2 Å². The van der Waals surface area contributed by atoms with Crippen LogP contribution in [0.1, 0.15) is 36.9 Å². The van der Waals surface area contributed by atoms with E-state index in [1.165, 1.54) is 25.4 Å². The van der Waals surface area contributed by atoms with Gasteiger partial charge in [-0.05, 0) is 38.5 Å². The van der Waals surface area contributed by atoms with Crippen molar-refractivity contribution in [3.8, 4) is 0 Å². The quantitative estimate of drug-likeness (QED) is 0.357. The number of ether oxygens (including phenoxy) is 3. The summed E-state index contributed by atoms with van der Waals surface area (Å²) in [6, 6.07) is 1.99. The predicted octanol–water partition coefficient (Wildman–Crippen LogP) is 4.95. The number of benzene rings is 1. The molecule has 1 aromatic carbocycles. The van der Waals surface area contributed by atoms with Crippen LogP contribution in [0.5, 0.6) is 0 Å². The van der Waals surface area contributed by atoms with Crippen molar-refractivity contribution in [3.63, 3.8) is 0 Å². The monoisotopic (exact) mass is 583 g/mol. The summed E-state index contributed by atoms with van der Waals surface area (Å²) in [5, 5.41) is 15.8. The highest BCUT2D eigenvalue weighted by molar-refractivity contribution is 9.10. The molecule has 0 saturated carbocycles. The van der Waals surface area contributed by atoms with E-state index in [4.69, 9.17) is 14.2 Å². The normalized spacial score (nSPS) is 14.6. The molecule has 1 heterocycles. The van der Waals surface area contributed by atoms with Gasteiger partial charge in [0.05, 0.1) is 11.6 Å². The maximum Gasteiger partial charge on any atom is 0.417 e. The number of carbonyl (C=O) groups is 2. The zero-order chi connectivity index (χ0) is 26.4. The average molecular weight is 584 g/mol. The Morgan fingerprint density at radius 1 is 1.26 bits per heavy atom. The second-order valence-electron chi connectivity index (χ2n) is 8.20. The Balaban J connectivity index is 2.74. The highest BCUT2D eigenvalue weighted by atomic mass is 79.9. The molecule has 0 unspecified atom stereocenters. The number of methoxy groups -OCH3 is 1. The van der Waals surface area contributed by atoms with E-state index in [9.17, 15) is 27.9 Å². The molecule has 0 spiro atoms. The molecule has 9 nitrogen and oxygen atoms in total. The van der Waals surface area contributed by atoms with E-state index in [2.05, 4.69) is 31.5 Å². The lowest BCUT2D eigenvalue weighted by Gasteiger charge is -2.40. The zero-order valence-electron chi connectivity index (χ0n) is 19.2. The summed E-state index contributed by atoms with van der Waals surface area (Å²) in [6.07, 6.45) is -5.48. The highest BCUT2D eigenvalue weighted by Gasteiger charge is 2.48. The maximum absolute atomic E-state index is 13.4. The first-order chi connectivity index (χ1) is 16.2. The number of nitrogens with zero attached hydrogens (tertiary/aromatic N) is 1. The van der Waals surface area contributed by atoms with Crippen LogP contribution in [0.4, 0.5) is 22.8 Å². The Bertz CT molecular complexity index is 1020. The Hall–Kier alpha value is -2.42. The summed E-state index contributed by atoms with van der Waals surface area (Å²) in [4.78, 5) is 28.3. The standard InChI is InChI=1S/C21H25BrF3N3O6S/c1-19(2,3)34-18(31)28-15(10-27-17(29)30)20(33-11-32-4,16-26-7-8-35-16)12-5-6-13(14(22)9-12)21(23,24)25/h5-9,15,27H,10-11H2,1-4H3,(H,28,31)(H,29,30)/t15-,20+/m1/s1. The van der Waals surface area contributed by atoms with Crippen molar-refractivity contribution < 1.29 is 42.1 Å². The van der Waals surface area contributed by atoms with Crippen LogP contribution in [0.15, 0.2) is 34.2 Å². The number of rotatable bonds is 9. The topological polar surface area (TPSA) is 119 Å². The van der Waals surface area contributed by atoms with Gasteiger partial charge in [0.2, 0.25) is 0 Å². The van der Waals surface area contributed by atoms with E-state index in [1.54, 1.807) is 26.2 Å². The lowest BCUT2D eigenvalue weighted by Crippen LogP contribution is -2.58. The number of alkyl carbamates (subject to hydrolysis) is 1. The molecular weight excluding hydrogens is 559 g/mol. The highest BCUT2D eigenvalue weighted by Crippen LogP contribution is 2.42. The van der Waals surface area contributed by atoms with E-state index >= 15 is 0 Å². The van der Waals surface area contributed by atoms with Gasteiger partial charge in [-0.3, -0.25) is 0 Å². The van der Waals surface area contributed by atoms with Crippen molar-refractivity contribution in [2.24, 2.45) is 0 Å². The van der Waals surface area contributed by atoms with Gasteiger partial charge in [0.15, 0.2) is 5.60 Å². The van der Waals surface area contributed by atoms with Gasteiger partial charge < -0.3 is 30.0 Å². The molecule has 1 aromatic heterocycles. The smallest absolute Gasteiger partial charge is 0.417 e. The fourth-order valence-electron chi connectivity index (χ4n) is 3.19. The molecule has 0 aliphatic carbocycles. The second kappa shape index (κ2) is 11.5. The average Bonchev–Trinajstić information content (AvgIpc) is 3.25. The molecule has 194 valence electrons. The summed E-state index contributed by atoms with van der Waals surface area (Å²) in [5.74, 6) is 0. The van der Waals surface area contributed by atoms with Crippen LogP contribution in [0, 0.1) is 0 Å². The minimum atomic E-state index is -4.63. The fraction of sp³-hybridized carbons (Fsp3) is 0.476. The maximum atomic E-state index is 13.4. The van der Waals surface area contributed by atoms with Gasteiger partial charge in [-0.1, -0.05) is 22.0 Å². The lowest BCUT2D eigenvalue weighted by molar-refractivity contribution is -0.138. The third-order valence-electron chi connectivity index (χ3n) is 4.50. The van der Waals surface area contributed by atoms with E-state index < -0.39 is 47.7 Å². The van der Waals surface area contributed by atoms with Gasteiger partial charge in [0.1, 0.15) is 17.4 Å². The number of halogens is 4. The van der Waals surface area contributed by atoms with Crippen molar-refractivity contribution in [3.05, 3.63) is 50.4 Å². The van der Waals surface area contributed by atoms with Crippen LogP contribution in [0.3, 0.4) is 0 Å². The van der Waals surface area contributed by atoms with E-state index in [1.807, 2.05) is 0 Å². The number of nitrogens with one attached hydrogen (secondary N) is 2. The van der Waals surface area contributed by atoms with Crippen LogP contribution >= 0.6 is 27.3 Å². The molecule has 0 radical (unpaired) electrons. The van der Waals surface area contributed by atoms with E-state index in [0.717, 1.165) is 17.4 Å². The summed E-state index contributed by atoms with van der Waals surface area (Å²) < 4.78 is 56.4. The molecule has 0 fully saturated rings. The van der Waals surface area contributed by atoms with Crippen molar-refractivity contribution in [1.82, 2.24) is 15.6 Å². The molecule has 2 atom stereocenters. The van der Waals surface area contributed by atoms with Crippen LogP contribution in [0.2, 0.25) is 0 Å². The fourth-order valence-corrected chi connectivity index (χ4v) is 4.66. The Morgan fingerprint density at radius 2 is 1.94 bits per heavy atom. The van der Waals surface area contributed by atoms with Crippen LogP contribution in [-0.4, -0.2) is 54.4 Å². The summed E-state index contributed by atoms with van der Waals surface area (Å²) in [6.45, 7) is 4.15. The SMILES string of the molecule is COCO[C@](c1ccc(C(F)(F)F)c(Br)c1)(c1nccs1)[C@@H](CNC(=O)O)NC(=O)OC(C)(C)C. The molecule has 3 N–H and O–H groups in total. The largest absolute Gasteiger partial charge is 0.465 e. The predicted molar refractivity (Wildman–Crippen MR) is 124 cm³/mol. The zero-order valence-corrected chi connectivity index (χ0v) is 21.6. The minimum Gasteiger partial charge on any atom is -0.465 e. The Labute approximate surface area is 212 Å². The van der Waals surface area contributed by atoms with Crippen LogP contribution in [-0.2, 0) is 26.0 Å². The lowest BCUT2D eigenvalue weighted by atomic mass is 9.85. The molecule has 2 rings (SSSR count). The number of hydrogen-bond donors (Lipinski definition) is 3. The molecule has 0 aliphatic rings. The molecule has 14 heteroatoms. The third kappa shape index (κ3) is 7.53. The minimum absolute atomic E-state index is 0.151. The third-order valence-corrected chi connectivity index (χ3v) is 6.04. The number of hydrogen-bond acceptors (Lipinski definition) is 7. The first kappa shape index (κ1) is 28.8. The molecular formula is C21H25BrF3N3O6S. The molecule has 0 bridgehead atoms. The first-order valence-electron chi connectivity index (χ1n) is 10.1. The number of carbonyl (C=O) groups excluding carboxylic acids is 1. The Morgan fingerprint density at radius 3 is 2.43 bits per heavy atom. The molecule has 2 aromatic rings. The first-order valence-corrected chi connectivity index (χ1v) is 11.7. The van der Waals surface area contributed by atoms with Gasteiger partial charge in [0, 0.05) is 29.7 Å². The van der Waals surface area contributed by atoms with Gasteiger partial charge in [0.25, 0.3) is 0 Å². The van der Waals surface area contributed by atoms with Gasteiger partial charge in [-0.2, -0.15) is 13.2 Å². The summed E-state index contributed by atoms with van der Waals surface area (Å²) in [7, 11) is 1.33. The van der Waals surface area contributed by atoms with Crippen molar-refractivity contribution in [1.29, 1.82) is 0 Å². The molecule has 0 saturated heterocycles. The molecule has 2 amide bonds. The van der Waals surface area contributed by atoms with E-state index in [-0.39, 0.29) is 21.8 Å².